The van der Waals surface area contributed by atoms with Gasteiger partial charge in [0.25, 0.3) is 5.91 Å². The average molecular weight is 337 g/mol. The van der Waals surface area contributed by atoms with Crippen LogP contribution in [-0.4, -0.2) is 24.6 Å². The van der Waals surface area contributed by atoms with Crippen molar-refractivity contribution in [1.29, 1.82) is 0 Å². The Labute approximate surface area is 142 Å². The average Bonchev–Trinajstić information content (AvgIpc) is 3.05. The molecular weight excluding hydrogens is 310 g/mol. The summed E-state index contributed by atoms with van der Waals surface area (Å²) in [4.78, 5) is 24.1. The van der Waals surface area contributed by atoms with Gasteiger partial charge in [-0.1, -0.05) is 51.5 Å². The molecule has 1 aromatic heterocycles. The molecule has 0 unspecified atom stereocenters. The number of amides is 2. The van der Waals surface area contributed by atoms with Crippen molar-refractivity contribution in [2.45, 2.75) is 58.3 Å². The summed E-state index contributed by atoms with van der Waals surface area (Å²) in [5.41, 5.74) is 2.39. The van der Waals surface area contributed by atoms with Gasteiger partial charge in [-0.3, -0.25) is 9.59 Å². The maximum atomic E-state index is 11.6. The first-order valence-electron chi connectivity index (χ1n) is 8.34. The lowest BCUT2D eigenvalue weighted by molar-refractivity contribution is -0.126. The van der Waals surface area contributed by atoms with Crippen LogP contribution in [0.15, 0.2) is 22.6 Å². The van der Waals surface area contributed by atoms with Crippen LogP contribution in [0.4, 0.5) is 0 Å². The molecular formula is C17H27N3O2S. The fourth-order valence-corrected chi connectivity index (χ4v) is 2.67. The number of hydrogen-bond acceptors (Lipinski definition) is 4. The van der Waals surface area contributed by atoms with E-state index in [4.69, 9.17) is 0 Å². The van der Waals surface area contributed by atoms with Gasteiger partial charge in [0.2, 0.25) is 5.91 Å². The molecule has 0 aliphatic heterocycles. The third-order valence-electron chi connectivity index (χ3n) is 3.38. The molecule has 0 bridgehead atoms. The highest BCUT2D eigenvalue weighted by molar-refractivity contribution is 7.11. The summed E-state index contributed by atoms with van der Waals surface area (Å²) >= 11 is 1.54. The topological polar surface area (TPSA) is 70.6 Å². The molecule has 2 amide bonds. The lowest BCUT2D eigenvalue weighted by Gasteiger charge is -2.04. The quantitative estimate of drug-likeness (QED) is 0.348. The summed E-state index contributed by atoms with van der Waals surface area (Å²) < 4.78 is 0. The molecule has 0 saturated carbocycles. The van der Waals surface area contributed by atoms with Crippen molar-refractivity contribution in [3.05, 3.63) is 22.4 Å². The number of carbonyl (C=O) groups excluding carboxylic acids is 2. The highest BCUT2D eigenvalue weighted by Crippen LogP contribution is 2.08. The number of carbonyl (C=O) groups is 2. The van der Waals surface area contributed by atoms with Gasteiger partial charge in [0.1, 0.15) is 0 Å². The maximum Gasteiger partial charge on any atom is 0.259 e. The number of nitrogens with zero attached hydrogens (tertiary/aromatic N) is 1. The van der Waals surface area contributed by atoms with Crippen LogP contribution >= 0.6 is 11.3 Å². The van der Waals surface area contributed by atoms with Crippen molar-refractivity contribution in [3.63, 3.8) is 0 Å². The molecule has 0 spiro atoms. The standard InChI is InChI=1S/C17H27N3O2S/c1-2-3-4-5-6-7-8-11-16(21)18-14-17(22)20-19-13-15-10-9-12-23-15/h9-10,12-13H,2-8,11,14H2,1H3,(H,18,21)(H,20,22)/b19-13-. The van der Waals surface area contributed by atoms with Crippen LogP contribution in [0.3, 0.4) is 0 Å². The molecule has 0 aliphatic carbocycles. The Bertz CT molecular complexity index is 472. The second-order valence-electron chi connectivity index (χ2n) is 5.46. The monoisotopic (exact) mass is 337 g/mol. The summed E-state index contributed by atoms with van der Waals surface area (Å²) in [7, 11) is 0. The van der Waals surface area contributed by atoms with E-state index in [9.17, 15) is 9.59 Å². The SMILES string of the molecule is CCCCCCCCCC(=O)NCC(=O)N/N=C\c1cccs1. The van der Waals surface area contributed by atoms with Crippen LogP contribution in [0.5, 0.6) is 0 Å². The van der Waals surface area contributed by atoms with Crippen LogP contribution in [0.25, 0.3) is 0 Å². The summed E-state index contributed by atoms with van der Waals surface area (Å²) in [6.07, 6.45) is 10.3. The molecule has 0 aliphatic rings. The zero-order valence-electron chi connectivity index (χ0n) is 13.8. The number of hydrazone groups is 1. The lowest BCUT2D eigenvalue weighted by Crippen LogP contribution is -2.34. The fourth-order valence-electron chi connectivity index (χ4n) is 2.08. The van der Waals surface area contributed by atoms with E-state index >= 15 is 0 Å². The molecule has 1 aromatic rings. The van der Waals surface area contributed by atoms with E-state index in [-0.39, 0.29) is 18.4 Å². The van der Waals surface area contributed by atoms with Gasteiger partial charge in [-0.2, -0.15) is 5.10 Å². The Morgan fingerprint density at radius 3 is 2.57 bits per heavy atom. The van der Waals surface area contributed by atoms with Crippen molar-refractivity contribution in [3.8, 4) is 0 Å². The number of rotatable bonds is 12. The van der Waals surface area contributed by atoms with Gasteiger partial charge in [-0.15, -0.1) is 11.3 Å². The highest BCUT2D eigenvalue weighted by Gasteiger charge is 2.04. The first kappa shape index (κ1) is 19.4. The third kappa shape index (κ3) is 10.6. The second-order valence-corrected chi connectivity index (χ2v) is 6.44. The molecule has 1 heterocycles. The zero-order valence-corrected chi connectivity index (χ0v) is 14.7. The van der Waals surface area contributed by atoms with Crippen LogP contribution in [0.1, 0.15) is 63.2 Å². The van der Waals surface area contributed by atoms with Gasteiger partial charge in [0, 0.05) is 11.3 Å². The molecule has 128 valence electrons. The van der Waals surface area contributed by atoms with Gasteiger partial charge in [-0.25, -0.2) is 5.43 Å². The molecule has 0 atom stereocenters. The Morgan fingerprint density at radius 1 is 1.13 bits per heavy atom. The largest absolute Gasteiger partial charge is 0.347 e. The zero-order chi connectivity index (χ0) is 16.8. The number of unbranched alkanes of at least 4 members (excludes halogenated alkanes) is 6. The number of nitrogens with one attached hydrogen (secondary N) is 2. The van der Waals surface area contributed by atoms with E-state index in [1.54, 1.807) is 6.21 Å². The Kier molecular flexibility index (Phi) is 10.8. The minimum Gasteiger partial charge on any atom is -0.347 e. The van der Waals surface area contributed by atoms with Crippen LogP contribution in [-0.2, 0) is 9.59 Å². The molecule has 2 N–H and O–H groups in total. The summed E-state index contributed by atoms with van der Waals surface area (Å²) in [6.45, 7) is 2.17. The van der Waals surface area contributed by atoms with Gasteiger partial charge >= 0.3 is 0 Å². The van der Waals surface area contributed by atoms with E-state index < -0.39 is 0 Å². The molecule has 0 saturated heterocycles. The number of hydrogen-bond donors (Lipinski definition) is 2. The van der Waals surface area contributed by atoms with Crippen molar-refractivity contribution in [2.75, 3.05) is 6.54 Å². The summed E-state index contributed by atoms with van der Waals surface area (Å²) in [5, 5.41) is 8.39. The predicted octanol–water partition coefficient (Wildman–Crippen LogP) is 3.46. The fraction of sp³-hybridized carbons (Fsp3) is 0.588. The Balaban J connectivity index is 1.99. The first-order chi connectivity index (χ1) is 11.2. The molecule has 0 fully saturated rings. The van der Waals surface area contributed by atoms with Crippen molar-refractivity contribution in [1.82, 2.24) is 10.7 Å². The molecule has 5 nitrogen and oxygen atoms in total. The van der Waals surface area contributed by atoms with E-state index in [2.05, 4.69) is 22.8 Å². The lowest BCUT2D eigenvalue weighted by atomic mass is 10.1. The first-order valence-corrected chi connectivity index (χ1v) is 9.22. The highest BCUT2D eigenvalue weighted by atomic mass is 32.1. The predicted molar refractivity (Wildman–Crippen MR) is 95.7 cm³/mol. The molecule has 0 aromatic carbocycles. The molecule has 1 rings (SSSR count). The van der Waals surface area contributed by atoms with Crippen molar-refractivity contribution < 1.29 is 9.59 Å². The molecule has 0 radical (unpaired) electrons. The summed E-state index contributed by atoms with van der Waals surface area (Å²) in [5.74, 6) is -0.387. The smallest absolute Gasteiger partial charge is 0.259 e. The van der Waals surface area contributed by atoms with E-state index in [0.717, 1.165) is 17.7 Å². The normalized spacial score (nSPS) is 10.8. The van der Waals surface area contributed by atoms with Crippen LogP contribution in [0, 0.1) is 0 Å². The van der Waals surface area contributed by atoms with E-state index in [1.165, 1.54) is 43.4 Å². The van der Waals surface area contributed by atoms with Crippen LogP contribution < -0.4 is 10.7 Å². The summed E-state index contributed by atoms with van der Waals surface area (Å²) in [6, 6.07) is 3.82. The van der Waals surface area contributed by atoms with Gasteiger partial charge in [0.15, 0.2) is 0 Å². The number of thiophene rings is 1. The molecule has 6 heteroatoms. The van der Waals surface area contributed by atoms with Crippen molar-refractivity contribution in [2.24, 2.45) is 5.10 Å². The van der Waals surface area contributed by atoms with E-state index in [1.807, 2.05) is 17.5 Å². The Hall–Kier alpha value is -1.69. The van der Waals surface area contributed by atoms with Gasteiger partial charge < -0.3 is 5.32 Å². The maximum absolute atomic E-state index is 11.6. The second kappa shape index (κ2) is 12.8. The van der Waals surface area contributed by atoms with Gasteiger partial charge in [0.05, 0.1) is 12.8 Å². The van der Waals surface area contributed by atoms with Crippen LogP contribution in [0.2, 0.25) is 0 Å². The van der Waals surface area contributed by atoms with Crippen molar-refractivity contribution >= 4 is 29.4 Å². The third-order valence-corrected chi connectivity index (χ3v) is 4.18. The van der Waals surface area contributed by atoms with E-state index in [0.29, 0.717) is 6.42 Å². The minimum atomic E-state index is -0.314. The van der Waals surface area contributed by atoms with Gasteiger partial charge in [-0.05, 0) is 17.9 Å². The minimum absolute atomic E-state index is 0.0306. The molecule has 23 heavy (non-hydrogen) atoms. The Morgan fingerprint density at radius 2 is 1.87 bits per heavy atom.